The molecule has 0 radical (unpaired) electrons. The molecule has 2 aromatic rings. The standard InChI is InChI=1S/C15H18N2O2/c1-3-15(18)17-9-7-11-6-8-16-14-5-4-12(19-2)10-13(11)14/h4-6,8,10H,3,7,9H2,1-2H3,(H,17,18). The molecule has 0 saturated carbocycles. The Morgan fingerprint density at radius 1 is 1.37 bits per heavy atom. The number of carbonyl (C=O) groups excluding carboxylic acids is 1. The number of nitrogens with zero attached hydrogens (tertiary/aromatic N) is 1. The Morgan fingerprint density at radius 3 is 2.95 bits per heavy atom. The van der Waals surface area contributed by atoms with Crippen LogP contribution >= 0.6 is 0 Å². The minimum Gasteiger partial charge on any atom is -0.497 e. The fraction of sp³-hybridized carbons (Fsp3) is 0.333. The molecular formula is C15H18N2O2. The Morgan fingerprint density at radius 2 is 2.21 bits per heavy atom. The van der Waals surface area contributed by atoms with Crippen molar-refractivity contribution in [2.75, 3.05) is 13.7 Å². The summed E-state index contributed by atoms with van der Waals surface area (Å²) in [6, 6.07) is 7.82. The van der Waals surface area contributed by atoms with Crippen molar-refractivity contribution in [1.29, 1.82) is 0 Å². The minimum absolute atomic E-state index is 0.0796. The molecule has 0 unspecified atom stereocenters. The van der Waals surface area contributed by atoms with E-state index in [4.69, 9.17) is 4.74 Å². The zero-order chi connectivity index (χ0) is 13.7. The third-order valence-electron chi connectivity index (χ3n) is 3.08. The van der Waals surface area contributed by atoms with Crippen LogP contribution in [-0.4, -0.2) is 24.5 Å². The highest BCUT2D eigenvalue weighted by Gasteiger charge is 2.04. The van der Waals surface area contributed by atoms with Crippen molar-refractivity contribution in [2.24, 2.45) is 0 Å². The number of fused-ring (bicyclic) bond motifs is 1. The first-order valence-corrected chi connectivity index (χ1v) is 6.43. The summed E-state index contributed by atoms with van der Waals surface area (Å²) in [5.41, 5.74) is 2.11. The number of amides is 1. The van der Waals surface area contributed by atoms with E-state index in [1.807, 2.05) is 31.2 Å². The van der Waals surface area contributed by atoms with Gasteiger partial charge in [-0.05, 0) is 36.2 Å². The topological polar surface area (TPSA) is 51.2 Å². The maximum atomic E-state index is 11.2. The van der Waals surface area contributed by atoms with E-state index in [0.717, 1.165) is 23.1 Å². The highest BCUT2D eigenvalue weighted by molar-refractivity contribution is 5.83. The summed E-state index contributed by atoms with van der Waals surface area (Å²) in [7, 11) is 1.65. The van der Waals surface area contributed by atoms with Gasteiger partial charge in [-0.25, -0.2) is 0 Å². The lowest BCUT2D eigenvalue weighted by Crippen LogP contribution is -2.24. The van der Waals surface area contributed by atoms with Gasteiger partial charge >= 0.3 is 0 Å². The molecule has 0 bridgehead atoms. The van der Waals surface area contributed by atoms with Crippen molar-refractivity contribution in [2.45, 2.75) is 19.8 Å². The SMILES string of the molecule is CCC(=O)NCCc1ccnc2ccc(OC)cc12. The number of aromatic nitrogens is 1. The zero-order valence-electron chi connectivity index (χ0n) is 11.3. The van der Waals surface area contributed by atoms with Gasteiger partial charge in [0.05, 0.1) is 12.6 Å². The van der Waals surface area contributed by atoms with Crippen LogP contribution in [0.2, 0.25) is 0 Å². The Bertz CT molecular complexity index is 581. The van der Waals surface area contributed by atoms with E-state index in [1.165, 1.54) is 5.56 Å². The van der Waals surface area contributed by atoms with Crippen molar-refractivity contribution in [3.8, 4) is 5.75 Å². The first kappa shape index (κ1) is 13.3. The molecule has 1 aromatic carbocycles. The highest BCUT2D eigenvalue weighted by atomic mass is 16.5. The quantitative estimate of drug-likeness (QED) is 0.895. The molecule has 0 aliphatic heterocycles. The average Bonchev–Trinajstić information content (AvgIpc) is 2.46. The maximum absolute atomic E-state index is 11.2. The zero-order valence-corrected chi connectivity index (χ0v) is 11.3. The number of benzene rings is 1. The van der Waals surface area contributed by atoms with E-state index >= 15 is 0 Å². The third kappa shape index (κ3) is 3.22. The Hall–Kier alpha value is -2.10. The normalized spacial score (nSPS) is 10.4. The number of nitrogens with one attached hydrogen (secondary N) is 1. The van der Waals surface area contributed by atoms with Crippen molar-refractivity contribution >= 4 is 16.8 Å². The molecule has 1 aromatic heterocycles. The second-order valence-electron chi connectivity index (χ2n) is 4.31. The van der Waals surface area contributed by atoms with Crippen LogP contribution in [0.4, 0.5) is 0 Å². The van der Waals surface area contributed by atoms with Crippen molar-refractivity contribution < 1.29 is 9.53 Å². The predicted molar refractivity (Wildman–Crippen MR) is 75.3 cm³/mol. The predicted octanol–water partition coefficient (Wildman–Crippen LogP) is 2.31. The second-order valence-corrected chi connectivity index (χ2v) is 4.31. The number of ether oxygens (including phenoxy) is 1. The molecule has 0 aliphatic carbocycles. The van der Waals surface area contributed by atoms with Gasteiger partial charge in [-0.15, -0.1) is 0 Å². The van der Waals surface area contributed by atoms with Gasteiger partial charge < -0.3 is 10.1 Å². The molecule has 4 heteroatoms. The summed E-state index contributed by atoms with van der Waals surface area (Å²) in [6.07, 6.45) is 3.11. The molecule has 2 rings (SSSR count). The number of hydrogen-bond acceptors (Lipinski definition) is 3. The van der Waals surface area contributed by atoms with Gasteiger partial charge in [0, 0.05) is 24.5 Å². The lowest BCUT2D eigenvalue weighted by Gasteiger charge is -2.08. The minimum atomic E-state index is 0.0796. The van der Waals surface area contributed by atoms with E-state index in [9.17, 15) is 4.79 Å². The van der Waals surface area contributed by atoms with Gasteiger partial charge in [-0.1, -0.05) is 6.92 Å². The third-order valence-corrected chi connectivity index (χ3v) is 3.08. The van der Waals surface area contributed by atoms with Crippen LogP contribution in [0.25, 0.3) is 10.9 Å². The van der Waals surface area contributed by atoms with Gasteiger partial charge in [-0.2, -0.15) is 0 Å². The molecule has 0 spiro atoms. The molecule has 0 aliphatic rings. The molecule has 19 heavy (non-hydrogen) atoms. The fourth-order valence-electron chi connectivity index (χ4n) is 1.99. The van der Waals surface area contributed by atoms with Crippen molar-refractivity contribution in [3.05, 3.63) is 36.0 Å². The van der Waals surface area contributed by atoms with Gasteiger partial charge in [0.15, 0.2) is 0 Å². The first-order valence-electron chi connectivity index (χ1n) is 6.43. The van der Waals surface area contributed by atoms with Gasteiger partial charge in [0.2, 0.25) is 5.91 Å². The van der Waals surface area contributed by atoms with Gasteiger partial charge in [0.1, 0.15) is 5.75 Å². The van der Waals surface area contributed by atoms with E-state index in [-0.39, 0.29) is 5.91 Å². The highest BCUT2D eigenvalue weighted by Crippen LogP contribution is 2.22. The number of hydrogen-bond donors (Lipinski definition) is 1. The summed E-state index contributed by atoms with van der Waals surface area (Å²) < 4.78 is 5.24. The van der Waals surface area contributed by atoms with Crippen LogP contribution in [-0.2, 0) is 11.2 Å². The maximum Gasteiger partial charge on any atom is 0.219 e. The number of pyridine rings is 1. The summed E-state index contributed by atoms with van der Waals surface area (Å²) in [5, 5.41) is 3.96. The van der Waals surface area contributed by atoms with Crippen LogP contribution in [0.15, 0.2) is 30.5 Å². The van der Waals surface area contributed by atoms with E-state index in [1.54, 1.807) is 13.3 Å². The van der Waals surface area contributed by atoms with Crippen LogP contribution in [0, 0.1) is 0 Å². The van der Waals surface area contributed by atoms with Crippen molar-refractivity contribution in [1.82, 2.24) is 10.3 Å². The molecule has 0 atom stereocenters. The molecule has 4 nitrogen and oxygen atoms in total. The van der Waals surface area contributed by atoms with Crippen LogP contribution in [0.5, 0.6) is 5.75 Å². The van der Waals surface area contributed by atoms with E-state index in [2.05, 4.69) is 10.3 Å². The molecule has 100 valence electrons. The van der Waals surface area contributed by atoms with Crippen LogP contribution in [0.1, 0.15) is 18.9 Å². The molecule has 1 N–H and O–H groups in total. The molecule has 0 fully saturated rings. The Kier molecular flexibility index (Phi) is 4.34. The van der Waals surface area contributed by atoms with Crippen LogP contribution in [0.3, 0.4) is 0 Å². The average molecular weight is 258 g/mol. The number of methoxy groups -OCH3 is 1. The molecular weight excluding hydrogens is 240 g/mol. The summed E-state index contributed by atoms with van der Waals surface area (Å²) >= 11 is 0. The fourth-order valence-corrected chi connectivity index (χ4v) is 1.99. The summed E-state index contributed by atoms with van der Waals surface area (Å²) in [6.45, 7) is 2.49. The van der Waals surface area contributed by atoms with E-state index < -0.39 is 0 Å². The largest absolute Gasteiger partial charge is 0.497 e. The molecule has 0 saturated heterocycles. The number of rotatable bonds is 5. The van der Waals surface area contributed by atoms with Gasteiger partial charge in [-0.3, -0.25) is 9.78 Å². The molecule has 1 amide bonds. The Balaban J connectivity index is 2.19. The van der Waals surface area contributed by atoms with Crippen molar-refractivity contribution in [3.63, 3.8) is 0 Å². The summed E-state index contributed by atoms with van der Waals surface area (Å²) in [5.74, 6) is 0.898. The lowest BCUT2D eigenvalue weighted by molar-refractivity contribution is -0.120. The smallest absolute Gasteiger partial charge is 0.219 e. The van der Waals surface area contributed by atoms with E-state index in [0.29, 0.717) is 13.0 Å². The number of carbonyl (C=O) groups is 1. The second kappa shape index (κ2) is 6.18. The lowest BCUT2D eigenvalue weighted by atomic mass is 10.1. The Labute approximate surface area is 112 Å². The first-order chi connectivity index (χ1) is 9.24. The van der Waals surface area contributed by atoms with Gasteiger partial charge in [0.25, 0.3) is 0 Å². The van der Waals surface area contributed by atoms with Crippen LogP contribution < -0.4 is 10.1 Å². The summed E-state index contributed by atoms with van der Waals surface area (Å²) in [4.78, 5) is 15.6. The monoisotopic (exact) mass is 258 g/mol. The molecule has 1 heterocycles.